The van der Waals surface area contributed by atoms with Crippen molar-refractivity contribution in [3.63, 3.8) is 0 Å². The number of aromatic nitrogens is 4. The van der Waals surface area contributed by atoms with E-state index in [0.29, 0.717) is 29.0 Å². The molecule has 0 saturated carbocycles. The molecular formula is C17H19N5O4. The van der Waals surface area contributed by atoms with Crippen LogP contribution < -0.4 is 10.3 Å². The molecule has 136 valence electrons. The molecule has 2 aromatic heterocycles. The molecule has 0 atom stereocenters. The van der Waals surface area contributed by atoms with Crippen molar-refractivity contribution in [2.45, 2.75) is 33.6 Å². The monoisotopic (exact) mass is 357 g/mol. The highest BCUT2D eigenvalue weighted by Gasteiger charge is 2.22. The van der Waals surface area contributed by atoms with Crippen LogP contribution in [0.3, 0.4) is 0 Å². The first-order valence-electron chi connectivity index (χ1n) is 8.37. The number of nitrogens with one attached hydrogen (secondary N) is 1. The Morgan fingerprint density at radius 2 is 2.12 bits per heavy atom. The largest absolute Gasteiger partial charge is 0.487 e. The molecule has 9 nitrogen and oxygen atoms in total. The summed E-state index contributed by atoms with van der Waals surface area (Å²) in [6.45, 7) is 5.75. The molecule has 3 aromatic rings. The van der Waals surface area contributed by atoms with Crippen molar-refractivity contribution >= 4 is 11.2 Å². The number of imidazole rings is 1. The van der Waals surface area contributed by atoms with Crippen molar-refractivity contribution in [3.8, 4) is 17.1 Å². The van der Waals surface area contributed by atoms with Gasteiger partial charge in [-0.25, -0.2) is 9.50 Å². The van der Waals surface area contributed by atoms with Crippen LogP contribution in [0.1, 0.15) is 31.8 Å². The van der Waals surface area contributed by atoms with Gasteiger partial charge in [-0.3, -0.25) is 14.9 Å². The number of ether oxygens (including phenoxy) is 1. The Morgan fingerprint density at radius 3 is 2.77 bits per heavy atom. The van der Waals surface area contributed by atoms with E-state index >= 15 is 0 Å². The number of aryl methyl sites for hydroxylation is 2. The summed E-state index contributed by atoms with van der Waals surface area (Å²) in [5, 5.41) is 15.8. The second-order valence-electron chi connectivity index (χ2n) is 5.77. The van der Waals surface area contributed by atoms with Crippen LogP contribution in [0.25, 0.3) is 16.9 Å². The van der Waals surface area contributed by atoms with E-state index in [0.717, 1.165) is 6.42 Å². The summed E-state index contributed by atoms with van der Waals surface area (Å²) in [6.07, 6.45) is 1.52. The summed E-state index contributed by atoms with van der Waals surface area (Å²) in [5.41, 5.74) is 0.797. The van der Waals surface area contributed by atoms with Crippen molar-refractivity contribution < 1.29 is 9.66 Å². The SMILES string of the molecule is CCCc1nc(C)c2c(=O)[nH]c(-c3cccc([N+](=O)[O-])c3OCC)nn12. The van der Waals surface area contributed by atoms with E-state index in [1.807, 2.05) is 6.92 Å². The molecular weight excluding hydrogens is 338 g/mol. The maximum atomic E-state index is 12.6. The van der Waals surface area contributed by atoms with Gasteiger partial charge in [0.2, 0.25) is 5.75 Å². The van der Waals surface area contributed by atoms with Crippen molar-refractivity contribution in [1.29, 1.82) is 0 Å². The molecule has 0 radical (unpaired) electrons. The van der Waals surface area contributed by atoms with E-state index in [9.17, 15) is 14.9 Å². The quantitative estimate of drug-likeness (QED) is 0.535. The van der Waals surface area contributed by atoms with Crippen molar-refractivity contribution in [2.75, 3.05) is 6.61 Å². The van der Waals surface area contributed by atoms with E-state index in [1.165, 1.54) is 16.6 Å². The Balaban J connectivity index is 2.29. The van der Waals surface area contributed by atoms with Crippen LogP contribution in [-0.2, 0) is 6.42 Å². The number of hydrogen-bond acceptors (Lipinski definition) is 6. The maximum Gasteiger partial charge on any atom is 0.311 e. The van der Waals surface area contributed by atoms with Gasteiger partial charge in [0.25, 0.3) is 5.56 Å². The first kappa shape index (κ1) is 17.6. The van der Waals surface area contributed by atoms with E-state index < -0.39 is 4.92 Å². The Bertz CT molecular complexity index is 1040. The molecule has 26 heavy (non-hydrogen) atoms. The van der Waals surface area contributed by atoms with Crippen LogP contribution in [0.15, 0.2) is 23.0 Å². The van der Waals surface area contributed by atoms with Crippen LogP contribution in [0.4, 0.5) is 5.69 Å². The summed E-state index contributed by atoms with van der Waals surface area (Å²) < 4.78 is 7.01. The average molecular weight is 357 g/mol. The van der Waals surface area contributed by atoms with Gasteiger partial charge in [-0.05, 0) is 26.3 Å². The Kier molecular flexibility index (Phi) is 4.70. The number of aromatic amines is 1. The molecule has 0 spiro atoms. The number of nitrogens with zero attached hydrogens (tertiary/aromatic N) is 4. The molecule has 0 saturated heterocycles. The fraction of sp³-hybridized carbons (Fsp3) is 0.353. The second-order valence-corrected chi connectivity index (χ2v) is 5.77. The van der Waals surface area contributed by atoms with E-state index in [-0.39, 0.29) is 29.4 Å². The van der Waals surface area contributed by atoms with Gasteiger partial charge >= 0.3 is 5.69 Å². The third-order valence-corrected chi connectivity index (χ3v) is 3.95. The number of fused-ring (bicyclic) bond motifs is 1. The molecule has 0 fully saturated rings. The summed E-state index contributed by atoms with van der Waals surface area (Å²) in [5.74, 6) is 0.955. The van der Waals surface area contributed by atoms with Crippen LogP contribution in [0, 0.1) is 17.0 Å². The Hall–Kier alpha value is -3.23. The molecule has 0 aliphatic carbocycles. The van der Waals surface area contributed by atoms with Gasteiger partial charge in [-0.1, -0.05) is 13.0 Å². The normalized spacial score (nSPS) is 11.0. The third-order valence-electron chi connectivity index (χ3n) is 3.95. The number of benzene rings is 1. The first-order chi connectivity index (χ1) is 12.5. The van der Waals surface area contributed by atoms with Gasteiger partial charge in [-0.2, -0.15) is 0 Å². The van der Waals surface area contributed by atoms with Crippen LogP contribution >= 0.6 is 0 Å². The average Bonchev–Trinajstić information content (AvgIpc) is 2.91. The molecule has 0 amide bonds. The topological polar surface area (TPSA) is 115 Å². The zero-order chi connectivity index (χ0) is 18.8. The van der Waals surface area contributed by atoms with E-state index in [4.69, 9.17) is 4.74 Å². The van der Waals surface area contributed by atoms with Gasteiger partial charge < -0.3 is 9.72 Å². The summed E-state index contributed by atoms with van der Waals surface area (Å²) in [4.78, 5) is 30.5. The zero-order valence-corrected chi connectivity index (χ0v) is 14.8. The predicted octanol–water partition coefficient (Wildman–Crippen LogP) is 2.65. The Morgan fingerprint density at radius 1 is 1.35 bits per heavy atom. The van der Waals surface area contributed by atoms with Crippen molar-refractivity contribution in [1.82, 2.24) is 19.6 Å². The van der Waals surface area contributed by atoms with Crippen LogP contribution in [0.2, 0.25) is 0 Å². The van der Waals surface area contributed by atoms with Crippen molar-refractivity contribution in [2.24, 2.45) is 0 Å². The number of rotatable bonds is 6. The van der Waals surface area contributed by atoms with Crippen molar-refractivity contribution in [3.05, 3.63) is 50.2 Å². The zero-order valence-electron chi connectivity index (χ0n) is 14.8. The molecule has 1 N–H and O–H groups in total. The number of H-pyrrole nitrogens is 1. The molecule has 0 aliphatic rings. The standard InChI is InChI=1S/C17H19N5O4/c1-4-7-13-18-10(3)14-17(23)19-16(20-21(13)14)11-8-6-9-12(22(24)25)15(11)26-5-2/h6,8-9H,4-5,7H2,1-3H3,(H,19,20,23). The lowest BCUT2D eigenvalue weighted by atomic mass is 10.1. The number of nitro benzene ring substituents is 1. The van der Waals surface area contributed by atoms with Gasteiger partial charge in [-0.15, -0.1) is 5.10 Å². The Labute approximate surface area is 148 Å². The van der Waals surface area contributed by atoms with Gasteiger partial charge in [0, 0.05) is 12.5 Å². The minimum Gasteiger partial charge on any atom is -0.487 e. The van der Waals surface area contributed by atoms with Crippen LogP contribution in [0.5, 0.6) is 5.75 Å². The smallest absolute Gasteiger partial charge is 0.311 e. The second kappa shape index (κ2) is 6.95. The van der Waals surface area contributed by atoms with E-state index in [1.54, 1.807) is 19.9 Å². The molecule has 3 rings (SSSR count). The highest BCUT2D eigenvalue weighted by molar-refractivity contribution is 5.71. The maximum absolute atomic E-state index is 12.6. The third kappa shape index (κ3) is 2.92. The molecule has 0 bridgehead atoms. The lowest BCUT2D eigenvalue weighted by molar-refractivity contribution is -0.385. The lowest BCUT2D eigenvalue weighted by Crippen LogP contribution is -2.16. The lowest BCUT2D eigenvalue weighted by Gasteiger charge is -2.10. The molecule has 0 aliphatic heterocycles. The number of nitro groups is 1. The molecule has 0 unspecified atom stereocenters. The summed E-state index contributed by atoms with van der Waals surface area (Å²) in [6, 6.07) is 4.52. The van der Waals surface area contributed by atoms with Gasteiger partial charge in [0.15, 0.2) is 11.3 Å². The molecule has 1 aromatic carbocycles. The van der Waals surface area contributed by atoms with E-state index in [2.05, 4.69) is 15.1 Å². The van der Waals surface area contributed by atoms with Gasteiger partial charge in [0.05, 0.1) is 22.8 Å². The highest BCUT2D eigenvalue weighted by Crippen LogP contribution is 2.36. The first-order valence-corrected chi connectivity index (χ1v) is 8.37. The highest BCUT2D eigenvalue weighted by atomic mass is 16.6. The fourth-order valence-electron chi connectivity index (χ4n) is 2.89. The minimum atomic E-state index is -0.519. The van der Waals surface area contributed by atoms with Gasteiger partial charge in [0.1, 0.15) is 5.82 Å². The minimum absolute atomic E-state index is 0.0800. The fourth-order valence-corrected chi connectivity index (χ4v) is 2.89. The molecule has 2 heterocycles. The number of hydrogen-bond donors (Lipinski definition) is 1. The predicted molar refractivity (Wildman–Crippen MR) is 95.6 cm³/mol. The molecule has 9 heteroatoms. The number of para-hydroxylation sites is 1. The van der Waals surface area contributed by atoms with Crippen LogP contribution in [-0.4, -0.2) is 31.1 Å². The summed E-state index contributed by atoms with van der Waals surface area (Å²) >= 11 is 0. The summed E-state index contributed by atoms with van der Waals surface area (Å²) in [7, 11) is 0.